The molecule has 1 fully saturated rings. The third-order valence-corrected chi connectivity index (χ3v) is 6.32. The number of hydrogen-bond donors (Lipinski definition) is 2. The van der Waals surface area contributed by atoms with Crippen LogP contribution in [0.5, 0.6) is 0 Å². The van der Waals surface area contributed by atoms with Gasteiger partial charge in [0.25, 0.3) is 0 Å². The molecule has 1 aromatic heterocycles. The molecule has 2 N–H and O–H groups in total. The van der Waals surface area contributed by atoms with Gasteiger partial charge in [-0.3, -0.25) is 9.89 Å². The predicted molar refractivity (Wildman–Crippen MR) is 119 cm³/mol. The third kappa shape index (κ3) is 6.99. The van der Waals surface area contributed by atoms with Crippen molar-refractivity contribution in [1.82, 2.24) is 19.8 Å². The average Bonchev–Trinajstić information content (AvgIpc) is 3.15. The van der Waals surface area contributed by atoms with E-state index in [2.05, 4.69) is 15.6 Å². The number of halogens is 4. The van der Waals surface area contributed by atoms with Gasteiger partial charge < -0.3 is 15.1 Å². The molecular weight excluding hydrogens is 538 g/mol. The highest BCUT2D eigenvalue weighted by atomic mass is 127. The Bertz CT molecular complexity index is 764. The van der Waals surface area contributed by atoms with E-state index in [1.54, 1.807) is 6.26 Å². The number of alkyl halides is 3. The molecule has 1 aliphatic heterocycles. The second-order valence-electron chi connectivity index (χ2n) is 6.98. The van der Waals surface area contributed by atoms with E-state index in [1.165, 1.54) is 0 Å². The summed E-state index contributed by atoms with van der Waals surface area (Å²) < 4.78 is 67.1. The number of piperidine rings is 1. The van der Waals surface area contributed by atoms with Crippen LogP contribution in [0.15, 0.2) is 27.8 Å². The molecule has 2 rings (SSSR count). The second-order valence-corrected chi connectivity index (χ2v) is 8.91. The SMILES string of the molecule is CCNC(=NCC(c1ccco1)N(C)C)NC1CCN(S(=O)(=O)C(F)(F)F)CC1.I. The number of sulfonamides is 1. The zero-order valence-electron chi connectivity index (χ0n) is 17.1. The molecule has 0 aromatic carbocycles. The van der Waals surface area contributed by atoms with Crippen LogP contribution in [-0.2, 0) is 10.0 Å². The molecule has 1 atom stereocenters. The zero-order valence-corrected chi connectivity index (χ0v) is 20.3. The van der Waals surface area contributed by atoms with Crippen molar-refractivity contribution in [2.45, 2.75) is 37.4 Å². The van der Waals surface area contributed by atoms with Crippen molar-refractivity contribution in [2.24, 2.45) is 4.99 Å². The molecule has 0 spiro atoms. The summed E-state index contributed by atoms with van der Waals surface area (Å²) >= 11 is 0. The first-order valence-corrected chi connectivity index (χ1v) is 10.8. The van der Waals surface area contributed by atoms with E-state index in [0.29, 0.717) is 23.4 Å². The minimum atomic E-state index is -5.27. The van der Waals surface area contributed by atoms with E-state index in [-0.39, 0.29) is 62.0 Å². The fourth-order valence-corrected chi connectivity index (χ4v) is 4.05. The maximum Gasteiger partial charge on any atom is 0.511 e. The van der Waals surface area contributed by atoms with Crippen LogP contribution in [0.4, 0.5) is 13.2 Å². The van der Waals surface area contributed by atoms with Gasteiger partial charge in [0, 0.05) is 25.7 Å². The van der Waals surface area contributed by atoms with E-state index >= 15 is 0 Å². The van der Waals surface area contributed by atoms with Gasteiger partial charge in [0.1, 0.15) is 5.76 Å². The number of nitrogens with zero attached hydrogens (tertiary/aromatic N) is 3. The standard InChI is InChI=1S/C17H28F3N5O3S.HI/c1-4-21-16(22-12-14(24(2)3)15-6-5-11-28-15)23-13-7-9-25(10-8-13)29(26,27)17(18,19)20;/h5-6,11,13-14H,4,7-10,12H2,1-3H3,(H2,21,22,23);1H. The van der Waals surface area contributed by atoms with Crippen molar-refractivity contribution in [3.05, 3.63) is 24.2 Å². The number of aliphatic imine (C=N–C) groups is 1. The number of furan rings is 1. The number of likely N-dealkylation sites (N-methyl/N-ethyl adjacent to an activating group) is 1. The van der Waals surface area contributed by atoms with Gasteiger partial charge in [0.15, 0.2) is 5.96 Å². The highest BCUT2D eigenvalue weighted by molar-refractivity contribution is 14.0. The van der Waals surface area contributed by atoms with Gasteiger partial charge in [-0.05, 0) is 46.0 Å². The molecule has 8 nitrogen and oxygen atoms in total. The molecule has 1 aliphatic rings. The Balaban J connectivity index is 0.00000450. The first-order valence-electron chi connectivity index (χ1n) is 9.37. The molecule has 30 heavy (non-hydrogen) atoms. The summed E-state index contributed by atoms with van der Waals surface area (Å²) in [7, 11) is -1.44. The number of nitrogens with one attached hydrogen (secondary N) is 2. The first-order chi connectivity index (χ1) is 13.6. The Hall–Kier alpha value is -1.06. The van der Waals surface area contributed by atoms with Crippen molar-refractivity contribution < 1.29 is 26.0 Å². The Morgan fingerprint density at radius 3 is 2.47 bits per heavy atom. The lowest BCUT2D eigenvalue weighted by Gasteiger charge is -2.32. The Kier molecular flexibility index (Phi) is 10.4. The van der Waals surface area contributed by atoms with Crippen molar-refractivity contribution in [3.8, 4) is 0 Å². The van der Waals surface area contributed by atoms with E-state index in [0.717, 1.165) is 5.76 Å². The van der Waals surface area contributed by atoms with Crippen LogP contribution in [-0.4, -0.2) is 75.4 Å². The van der Waals surface area contributed by atoms with Gasteiger partial charge in [-0.15, -0.1) is 24.0 Å². The van der Waals surface area contributed by atoms with Crippen LogP contribution in [0, 0.1) is 0 Å². The smallest absolute Gasteiger partial charge is 0.468 e. The average molecular weight is 567 g/mol. The summed E-state index contributed by atoms with van der Waals surface area (Å²) in [5.74, 6) is 1.31. The van der Waals surface area contributed by atoms with E-state index in [4.69, 9.17) is 4.42 Å². The molecule has 13 heteroatoms. The molecule has 0 amide bonds. The van der Waals surface area contributed by atoms with Crippen molar-refractivity contribution >= 4 is 40.0 Å². The van der Waals surface area contributed by atoms with Crippen molar-refractivity contribution in [2.75, 3.05) is 40.3 Å². The molecule has 0 saturated carbocycles. The van der Waals surface area contributed by atoms with Crippen LogP contribution in [0.3, 0.4) is 0 Å². The molecule has 0 radical (unpaired) electrons. The minimum Gasteiger partial charge on any atom is -0.468 e. The van der Waals surface area contributed by atoms with Crippen LogP contribution in [0.25, 0.3) is 0 Å². The highest BCUT2D eigenvalue weighted by Gasteiger charge is 2.50. The molecule has 1 saturated heterocycles. The van der Waals surface area contributed by atoms with Crippen LogP contribution in [0.1, 0.15) is 31.6 Å². The van der Waals surface area contributed by atoms with Crippen LogP contribution < -0.4 is 10.6 Å². The predicted octanol–water partition coefficient (Wildman–Crippen LogP) is 2.37. The van der Waals surface area contributed by atoms with E-state index in [1.807, 2.05) is 38.1 Å². The summed E-state index contributed by atoms with van der Waals surface area (Å²) in [5, 5.41) is 6.31. The highest BCUT2D eigenvalue weighted by Crippen LogP contribution is 2.29. The Labute approximate surface area is 192 Å². The van der Waals surface area contributed by atoms with Gasteiger partial charge in [0.2, 0.25) is 0 Å². The lowest BCUT2D eigenvalue weighted by atomic mass is 10.1. The van der Waals surface area contributed by atoms with Gasteiger partial charge in [-0.2, -0.15) is 17.5 Å². The lowest BCUT2D eigenvalue weighted by Crippen LogP contribution is -2.51. The summed E-state index contributed by atoms with van der Waals surface area (Å²) in [6.07, 6.45) is 2.12. The molecule has 1 unspecified atom stereocenters. The topological polar surface area (TPSA) is 90.2 Å². The summed E-state index contributed by atoms with van der Waals surface area (Å²) in [6, 6.07) is 3.44. The largest absolute Gasteiger partial charge is 0.511 e. The van der Waals surface area contributed by atoms with Gasteiger partial charge in [-0.1, -0.05) is 0 Å². The first kappa shape index (κ1) is 27.0. The van der Waals surface area contributed by atoms with E-state index in [9.17, 15) is 21.6 Å². The molecule has 2 heterocycles. The Morgan fingerprint density at radius 1 is 1.37 bits per heavy atom. The number of rotatable bonds is 7. The Morgan fingerprint density at radius 2 is 2.00 bits per heavy atom. The summed E-state index contributed by atoms with van der Waals surface area (Å²) in [5.41, 5.74) is -5.27. The van der Waals surface area contributed by atoms with Crippen LogP contribution in [0.2, 0.25) is 0 Å². The second kappa shape index (κ2) is 11.5. The fraction of sp³-hybridized carbons (Fsp3) is 0.706. The summed E-state index contributed by atoms with van der Waals surface area (Å²) in [4.78, 5) is 6.55. The monoisotopic (exact) mass is 567 g/mol. The lowest BCUT2D eigenvalue weighted by molar-refractivity contribution is -0.0494. The van der Waals surface area contributed by atoms with Crippen molar-refractivity contribution in [3.63, 3.8) is 0 Å². The minimum absolute atomic E-state index is 0. The zero-order chi connectivity index (χ0) is 21.7. The number of hydrogen-bond acceptors (Lipinski definition) is 5. The number of guanidine groups is 1. The van der Waals surface area contributed by atoms with Gasteiger partial charge in [0.05, 0.1) is 18.8 Å². The van der Waals surface area contributed by atoms with E-state index < -0.39 is 15.5 Å². The van der Waals surface area contributed by atoms with Crippen LogP contribution >= 0.6 is 24.0 Å². The third-order valence-electron chi connectivity index (χ3n) is 4.69. The maximum atomic E-state index is 12.7. The molecular formula is C17H29F3IN5O3S. The normalized spacial score (nSPS) is 18.2. The van der Waals surface area contributed by atoms with Gasteiger partial charge >= 0.3 is 15.5 Å². The molecule has 0 bridgehead atoms. The molecule has 174 valence electrons. The quantitative estimate of drug-likeness (QED) is 0.299. The molecule has 0 aliphatic carbocycles. The maximum absolute atomic E-state index is 12.7. The summed E-state index contributed by atoms with van der Waals surface area (Å²) in [6.45, 7) is 2.56. The fourth-order valence-electron chi connectivity index (χ4n) is 3.07. The van der Waals surface area contributed by atoms with Crippen molar-refractivity contribution in [1.29, 1.82) is 0 Å². The molecule has 1 aromatic rings. The van der Waals surface area contributed by atoms with Gasteiger partial charge in [-0.25, -0.2) is 8.42 Å².